The topological polar surface area (TPSA) is 97.5 Å². The summed E-state index contributed by atoms with van der Waals surface area (Å²) in [6.07, 6.45) is 1.19. The third kappa shape index (κ3) is 5.75. The lowest BCUT2D eigenvalue weighted by molar-refractivity contribution is -0.138. The van der Waals surface area contributed by atoms with E-state index in [1.807, 2.05) is 24.3 Å². The summed E-state index contributed by atoms with van der Waals surface area (Å²) in [5, 5.41) is 8.73. The summed E-state index contributed by atoms with van der Waals surface area (Å²) in [5.74, 6) is -1.20. The first kappa shape index (κ1) is 16.0. The van der Waals surface area contributed by atoms with Crippen molar-refractivity contribution in [2.24, 2.45) is 5.73 Å². The molecule has 0 aliphatic carbocycles. The average Bonchev–Trinajstić information content (AvgIpc) is 2.37. The summed E-state index contributed by atoms with van der Waals surface area (Å²) in [4.78, 5) is 32.8. The van der Waals surface area contributed by atoms with Gasteiger partial charge in [-0.3, -0.25) is 14.4 Å². The third-order valence-corrected chi connectivity index (χ3v) is 2.93. The molecule has 5 nitrogen and oxygen atoms in total. The molecule has 1 rings (SSSR count). The van der Waals surface area contributed by atoms with Crippen LogP contribution in [0, 0.1) is 0 Å². The van der Waals surface area contributed by atoms with Gasteiger partial charge in [-0.05, 0) is 30.9 Å². The van der Waals surface area contributed by atoms with E-state index in [0.717, 1.165) is 11.1 Å². The van der Waals surface area contributed by atoms with Crippen molar-refractivity contribution in [2.75, 3.05) is 0 Å². The number of hydrogen-bond acceptors (Lipinski definition) is 4. The van der Waals surface area contributed by atoms with E-state index in [9.17, 15) is 14.4 Å². The highest BCUT2D eigenvalue weighted by Gasteiger charge is 2.12. The number of aryl methyl sites for hydroxylation is 1. The molecule has 5 heteroatoms. The molecule has 1 aromatic carbocycles. The lowest BCUT2D eigenvalue weighted by Gasteiger charge is -2.07. The monoisotopic (exact) mass is 277 g/mol. The van der Waals surface area contributed by atoms with Crippen molar-refractivity contribution in [2.45, 2.75) is 38.6 Å². The molecule has 0 amide bonds. The first-order valence-electron chi connectivity index (χ1n) is 6.46. The number of nitrogens with two attached hydrogens (primary N) is 1. The van der Waals surface area contributed by atoms with E-state index in [1.165, 1.54) is 6.92 Å². The van der Waals surface area contributed by atoms with Crippen LogP contribution in [0.15, 0.2) is 24.3 Å². The number of ketones is 2. The normalized spacial score (nSPS) is 11.9. The minimum Gasteiger partial charge on any atom is -0.480 e. The molecule has 0 fully saturated rings. The molecule has 0 aromatic heterocycles. The molecule has 0 aliphatic heterocycles. The van der Waals surface area contributed by atoms with E-state index in [-0.39, 0.29) is 24.4 Å². The standard InChI is InChI=1S/C15H19NO4/c1-10(17)8-13(18)7-6-11-2-4-12(5-3-11)9-14(16)15(19)20/h2-5,14H,6-9,16H2,1H3,(H,19,20). The molecular formula is C15H19NO4. The highest BCUT2D eigenvalue weighted by Crippen LogP contribution is 2.09. The maximum Gasteiger partial charge on any atom is 0.320 e. The molecule has 108 valence electrons. The smallest absolute Gasteiger partial charge is 0.320 e. The number of rotatable bonds is 8. The van der Waals surface area contributed by atoms with E-state index in [1.54, 1.807) is 0 Å². The number of hydrogen-bond donors (Lipinski definition) is 2. The Balaban J connectivity index is 2.48. The molecule has 1 aromatic rings. The fourth-order valence-corrected chi connectivity index (χ4v) is 1.83. The summed E-state index contributed by atoms with van der Waals surface area (Å²) >= 11 is 0. The lowest BCUT2D eigenvalue weighted by Crippen LogP contribution is -2.32. The predicted molar refractivity (Wildman–Crippen MR) is 74.4 cm³/mol. The van der Waals surface area contributed by atoms with Crippen LogP contribution in [0.4, 0.5) is 0 Å². The summed E-state index contributed by atoms with van der Waals surface area (Å²) in [6.45, 7) is 1.40. The van der Waals surface area contributed by atoms with E-state index < -0.39 is 12.0 Å². The maximum atomic E-state index is 11.4. The summed E-state index contributed by atoms with van der Waals surface area (Å²) in [7, 11) is 0. The lowest BCUT2D eigenvalue weighted by atomic mass is 10.0. The number of aliphatic carboxylic acids is 1. The van der Waals surface area contributed by atoms with Gasteiger partial charge >= 0.3 is 5.97 Å². The van der Waals surface area contributed by atoms with Gasteiger partial charge in [0, 0.05) is 6.42 Å². The molecule has 0 radical (unpaired) electrons. The van der Waals surface area contributed by atoms with Gasteiger partial charge in [-0.15, -0.1) is 0 Å². The van der Waals surface area contributed by atoms with Crippen molar-refractivity contribution in [3.05, 3.63) is 35.4 Å². The zero-order valence-corrected chi connectivity index (χ0v) is 11.5. The average molecular weight is 277 g/mol. The number of carbonyl (C=O) groups is 3. The first-order valence-corrected chi connectivity index (χ1v) is 6.46. The minimum atomic E-state index is -1.02. The Bertz CT molecular complexity index is 493. The Morgan fingerprint density at radius 1 is 1.15 bits per heavy atom. The van der Waals surface area contributed by atoms with Gasteiger partial charge in [0.1, 0.15) is 17.6 Å². The van der Waals surface area contributed by atoms with Crippen molar-refractivity contribution in [1.29, 1.82) is 0 Å². The molecule has 0 saturated heterocycles. The van der Waals surface area contributed by atoms with Crippen LogP contribution in [0.3, 0.4) is 0 Å². The Morgan fingerprint density at radius 2 is 1.70 bits per heavy atom. The van der Waals surface area contributed by atoms with E-state index in [0.29, 0.717) is 12.8 Å². The SMILES string of the molecule is CC(=O)CC(=O)CCc1ccc(CC(N)C(=O)O)cc1. The molecule has 0 spiro atoms. The van der Waals surface area contributed by atoms with Crippen LogP contribution in [0.25, 0.3) is 0 Å². The van der Waals surface area contributed by atoms with Crippen molar-refractivity contribution in [3.63, 3.8) is 0 Å². The second kappa shape index (κ2) is 7.55. The van der Waals surface area contributed by atoms with Crippen LogP contribution in [-0.2, 0) is 27.2 Å². The van der Waals surface area contributed by atoms with Gasteiger partial charge in [-0.2, -0.15) is 0 Å². The molecule has 0 heterocycles. The number of Topliss-reactive ketones (excluding diaryl/α,β-unsaturated/α-hetero) is 2. The number of carbonyl (C=O) groups excluding carboxylic acids is 2. The summed E-state index contributed by atoms with van der Waals surface area (Å²) < 4.78 is 0. The second-order valence-corrected chi connectivity index (χ2v) is 4.88. The summed E-state index contributed by atoms with van der Waals surface area (Å²) in [5.41, 5.74) is 7.28. The molecule has 20 heavy (non-hydrogen) atoms. The van der Waals surface area contributed by atoms with Crippen molar-refractivity contribution >= 4 is 17.5 Å². The zero-order chi connectivity index (χ0) is 15.1. The fraction of sp³-hybridized carbons (Fsp3) is 0.400. The van der Waals surface area contributed by atoms with Gasteiger partial charge in [0.25, 0.3) is 0 Å². The molecular weight excluding hydrogens is 258 g/mol. The van der Waals surface area contributed by atoms with Crippen molar-refractivity contribution in [3.8, 4) is 0 Å². The highest BCUT2D eigenvalue weighted by atomic mass is 16.4. The van der Waals surface area contributed by atoms with E-state index >= 15 is 0 Å². The van der Waals surface area contributed by atoms with Crippen LogP contribution >= 0.6 is 0 Å². The predicted octanol–water partition coefficient (Wildman–Crippen LogP) is 1.12. The Labute approximate surface area is 117 Å². The van der Waals surface area contributed by atoms with Gasteiger partial charge in [0.15, 0.2) is 0 Å². The van der Waals surface area contributed by atoms with Crippen molar-refractivity contribution in [1.82, 2.24) is 0 Å². The van der Waals surface area contributed by atoms with Gasteiger partial charge in [0.05, 0.1) is 6.42 Å². The van der Waals surface area contributed by atoms with E-state index in [2.05, 4.69) is 0 Å². The van der Waals surface area contributed by atoms with Crippen LogP contribution in [0.2, 0.25) is 0 Å². The molecule has 1 unspecified atom stereocenters. The van der Waals surface area contributed by atoms with Gasteiger partial charge in [-0.1, -0.05) is 24.3 Å². The number of carboxylic acids is 1. The van der Waals surface area contributed by atoms with Gasteiger partial charge in [-0.25, -0.2) is 0 Å². The van der Waals surface area contributed by atoms with Crippen molar-refractivity contribution < 1.29 is 19.5 Å². The molecule has 0 bridgehead atoms. The maximum absolute atomic E-state index is 11.4. The Morgan fingerprint density at radius 3 is 2.20 bits per heavy atom. The summed E-state index contributed by atoms with van der Waals surface area (Å²) in [6, 6.07) is 6.43. The minimum absolute atomic E-state index is 0.00838. The van der Waals surface area contributed by atoms with Crippen LogP contribution in [0.1, 0.15) is 30.9 Å². The van der Waals surface area contributed by atoms with Gasteiger partial charge in [0.2, 0.25) is 0 Å². The van der Waals surface area contributed by atoms with Crippen LogP contribution in [0.5, 0.6) is 0 Å². The molecule has 3 N–H and O–H groups in total. The van der Waals surface area contributed by atoms with Gasteiger partial charge < -0.3 is 10.8 Å². The second-order valence-electron chi connectivity index (χ2n) is 4.88. The van der Waals surface area contributed by atoms with Crippen LogP contribution in [-0.4, -0.2) is 28.7 Å². The number of carboxylic acid groups (broad SMARTS) is 1. The quantitative estimate of drug-likeness (QED) is 0.694. The van der Waals surface area contributed by atoms with Crippen LogP contribution < -0.4 is 5.73 Å². The molecule has 0 aliphatic rings. The van der Waals surface area contributed by atoms with E-state index in [4.69, 9.17) is 10.8 Å². The first-order chi connectivity index (χ1) is 9.38. The Kier molecular flexibility index (Phi) is 6.06. The molecule has 0 saturated carbocycles. The zero-order valence-electron chi connectivity index (χ0n) is 11.5. The number of benzene rings is 1. The fourth-order valence-electron chi connectivity index (χ4n) is 1.83. The third-order valence-electron chi connectivity index (χ3n) is 2.93. The molecule has 1 atom stereocenters. The Hall–Kier alpha value is -2.01. The highest BCUT2D eigenvalue weighted by molar-refractivity contribution is 5.97. The largest absolute Gasteiger partial charge is 0.480 e.